The predicted molar refractivity (Wildman–Crippen MR) is 132 cm³/mol. The van der Waals surface area contributed by atoms with Gasteiger partial charge in [0.05, 0.1) is 6.20 Å². The Morgan fingerprint density at radius 3 is 2.52 bits per heavy atom. The number of aryl methyl sites for hydroxylation is 2. The van der Waals surface area contributed by atoms with E-state index in [1.165, 1.54) is 5.56 Å². The lowest BCUT2D eigenvalue weighted by Crippen LogP contribution is -2.49. The van der Waals surface area contributed by atoms with E-state index in [0.29, 0.717) is 24.3 Å². The molecule has 4 heterocycles. The van der Waals surface area contributed by atoms with Crippen LogP contribution in [0.1, 0.15) is 32.9 Å². The molecule has 1 aliphatic rings. The van der Waals surface area contributed by atoms with Gasteiger partial charge < -0.3 is 9.80 Å². The number of hydrogen-bond acceptors (Lipinski definition) is 5. The van der Waals surface area contributed by atoms with Gasteiger partial charge >= 0.3 is 0 Å². The van der Waals surface area contributed by atoms with Crippen molar-refractivity contribution in [3.05, 3.63) is 87.4 Å². The molecule has 7 nitrogen and oxygen atoms in total. The number of carbonyl (C=O) groups is 1. The first-order valence-corrected chi connectivity index (χ1v) is 11.8. The zero-order chi connectivity index (χ0) is 22.9. The Bertz CT molecular complexity index is 1310. The van der Waals surface area contributed by atoms with Crippen molar-refractivity contribution in [3.8, 4) is 0 Å². The fraction of sp³-hybridized carbons (Fsp3) is 0.280. The lowest BCUT2D eigenvalue weighted by Gasteiger charge is -2.35. The number of piperazine rings is 1. The summed E-state index contributed by atoms with van der Waals surface area (Å²) in [6, 6.07) is 14.1. The summed E-state index contributed by atoms with van der Waals surface area (Å²) < 4.78 is 2.88. The van der Waals surface area contributed by atoms with E-state index in [1.807, 2.05) is 55.1 Å². The summed E-state index contributed by atoms with van der Waals surface area (Å²) in [5.74, 6) is 0.932. The number of hydrogen-bond donors (Lipinski definition) is 0. The Balaban J connectivity index is 1.38. The molecule has 5 rings (SSSR count). The fourth-order valence-corrected chi connectivity index (χ4v) is 4.82. The molecule has 168 valence electrons. The number of nitrogens with zero attached hydrogens (tertiary/aromatic N) is 6. The van der Waals surface area contributed by atoms with Crippen LogP contribution in [-0.2, 0) is 6.42 Å². The standard InChI is InChI=1S/C25H25BrN6O/c1-17-20(15-19-7-3-4-8-22(19)26)18(2)32-24(29-17)21(16-28-32)25(33)31-13-11-30(12-14-31)23-9-5-6-10-27-23/h3-10,16H,11-15H2,1-2H3. The molecule has 3 aromatic heterocycles. The van der Waals surface area contributed by atoms with E-state index < -0.39 is 0 Å². The maximum absolute atomic E-state index is 13.4. The van der Waals surface area contributed by atoms with Crippen molar-refractivity contribution in [2.75, 3.05) is 31.1 Å². The third kappa shape index (κ3) is 4.11. The topological polar surface area (TPSA) is 66.6 Å². The SMILES string of the molecule is Cc1nc2c(C(=O)N3CCN(c4ccccn4)CC3)cnn2c(C)c1Cc1ccccc1Br. The Morgan fingerprint density at radius 1 is 1.03 bits per heavy atom. The van der Waals surface area contributed by atoms with Gasteiger partial charge in [0.25, 0.3) is 5.91 Å². The minimum absolute atomic E-state index is 0.0180. The molecule has 0 unspecified atom stereocenters. The quantitative estimate of drug-likeness (QED) is 0.419. The Hall–Kier alpha value is -3.26. The third-order valence-electron chi connectivity index (χ3n) is 6.30. The molecule has 0 aliphatic carbocycles. The molecule has 0 N–H and O–H groups in total. The highest BCUT2D eigenvalue weighted by Gasteiger charge is 2.26. The van der Waals surface area contributed by atoms with Gasteiger partial charge in [-0.15, -0.1) is 0 Å². The molecule has 8 heteroatoms. The highest BCUT2D eigenvalue weighted by atomic mass is 79.9. The van der Waals surface area contributed by atoms with E-state index in [9.17, 15) is 4.79 Å². The molecular weight excluding hydrogens is 480 g/mol. The summed E-state index contributed by atoms with van der Waals surface area (Å²) in [5.41, 5.74) is 5.43. The van der Waals surface area contributed by atoms with Crippen LogP contribution in [0.25, 0.3) is 5.65 Å². The highest BCUT2D eigenvalue weighted by Crippen LogP contribution is 2.25. The Kier molecular flexibility index (Phi) is 5.85. The third-order valence-corrected chi connectivity index (χ3v) is 7.08. The summed E-state index contributed by atoms with van der Waals surface area (Å²) in [4.78, 5) is 26.7. The summed E-state index contributed by atoms with van der Waals surface area (Å²) in [6.07, 6.45) is 4.21. The van der Waals surface area contributed by atoms with Crippen LogP contribution in [0.3, 0.4) is 0 Å². The predicted octanol–water partition coefficient (Wildman–Crippen LogP) is 4.06. The van der Waals surface area contributed by atoms with Crippen molar-refractivity contribution >= 4 is 33.3 Å². The number of anilines is 1. The number of benzene rings is 1. The van der Waals surface area contributed by atoms with Crippen molar-refractivity contribution in [3.63, 3.8) is 0 Å². The zero-order valence-corrected chi connectivity index (χ0v) is 20.3. The van der Waals surface area contributed by atoms with Gasteiger partial charge in [0.15, 0.2) is 5.65 Å². The van der Waals surface area contributed by atoms with Crippen LogP contribution < -0.4 is 4.90 Å². The average Bonchev–Trinajstić information content (AvgIpc) is 3.27. The van der Waals surface area contributed by atoms with Gasteiger partial charge in [-0.1, -0.05) is 40.2 Å². The van der Waals surface area contributed by atoms with Crippen LogP contribution >= 0.6 is 15.9 Å². The second-order valence-electron chi connectivity index (χ2n) is 8.29. The van der Waals surface area contributed by atoms with Gasteiger partial charge in [0.2, 0.25) is 0 Å². The van der Waals surface area contributed by atoms with E-state index in [0.717, 1.165) is 46.8 Å². The van der Waals surface area contributed by atoms with E-state index in [4.69, 9.17) is 4.98 Å². The Morgan fingerprint density at radius 2 is 1.79 bits per heavy atom. The lowest BCUT2D eigenvalue weighted by atomic mass is 10.0. The maximum Gasteiger partial charge on any atom is 0.259 e. The first-order chi connectivity index (χ1) is 16.0. The second-order valence-corrected chi connectivity index (χ2v) is 9.14. The number of pyridine rings is 1. The minimum atomic E-state index is -0.0180. The number of amides is 1. The minimum Gasteiger partial charge on any atom is -0.353 e. The molecule has 4 aromatic rings. The van der Waals surface area contributed by atoms with Crippen molar-refractivity contribution < 1.29 is 4.79 Å². The smallest absolute Gasteiger partial charge is 0.259 e. The first kappa shape index (κ1) is 21.6. The molecular formula is C25H25BrN6O. The molecule has 0 saturated carbocycles. The Labute approximate surface area is 201 Å². The van der Waals surface area contributed by atoms with Gasteiger partial charge in [-0.05, 0) is 43.2 Å². The molecule has 0 spiro atoms. The summed E-state index contributed by atoms with van der Waals surface area (Å²) in [6.45, 7) is 6.84. The number of carbonyl (C=O) groups excluding carboxylic acids is 1. The number of fused-ring (bicyclic) bond motifs is 1. The molecule has 0 atom stereocenters. The maximum atomic E-state index is 13.4. The number of rotatable bonds is 4. The highest BCUT2D eigenvalue weighted by molar-refractivity contribution is 9.10. The second kappa shape index (κ2) is 8.94. The largest absolute Gasteiger partial charge is 0.353 e. The molecule has 1 aromatic carbocycles. The molecule has 1 aliphatic heterocycles. The van der Waals surface area contributed by atoms with Gasteiger partial charge in [-0.3, -0.25) is 4.79 Å². The number of halogens is 1. The van der Waals surface area contributed by atoms with Crippen molar-refractivity contribution in [2.24, 2.45) is 0 Å². The van der Waals surface area contributed by atoms with Gasteiger partial charge in [-0.25, -0.2) is 14.5 Å². The van der Waals surface area contributed by atoms with E-state index >= 15 is 0 Å². The summed E-state index contributed by atoms with van der Waals surface area (Å²) in [5, 5.41) is 4.54. The van der Waals surface area contributed by atoms with Gasteiger partial charge in [0, 0.05) is 54.7 Å². The average molecular weight is 505 g/mol. The molecule has 1 saturated heterocycles. The van der Waals surface area contributed by atoms with E-state index in [-0.39, 0.29) is 5.91 Å². The summed E-state index contributed by atoms with van der Waals surface area (Å²) >= 11 is 3.64. The van der Waals surface area contributed by atoms with Crippen molar-refractivity contribution in [2.45, 2.75) is 20.3 Å². The van der Waals surface area contributed by atoms with Crippen LogP contribution in [0.2, 0.25) is 0 Å². The van der Waals surface area contributed by atoms with Crippen LogP contribution in [0.15, 0.2) is 59.3 Å². The van der Waals surface area contributed by atoms with Crippen molar-refractivity contribution in [1.29, 1.82) is 0 Å². The first-order valence-electron chi connectivity index (χ1n) is 11.1. The lowest BCUT2D eigenvalue weighted by molar-refractivity contribution is 0.0748. The molecule has 1 fully saturated rings. The molecule has 33 heavy (non-hydrogen) atoms. The van der Waals surface area contributed by atoms with Gasteiger partial charge in [-0.2, -0.15) is 5.10 Å². The zero-order valence-electron chi connectivity index (χ0n) is 18.7. The van der Waals surface area contributed by atoms with E-state index in [1.54, 1.807) is 16.9 Å². The van der Waals surface area contributed by atoms with Crippen LogP contribution in [-0.4, -0.2) is 56.6 Å². The summed E-state index contributed by atoms with van der Waals surface area (Å²) in [7, 11) is 0. The molecule has 0 radical (unpaired) electrons. The van der Waals surface area contributed by atoms with Crippen LogP contribution in [0.5, 0.6) is 0 Å². The van der Waals surface area contributed by atoms with Gasteiger partial charge in [0.1, 0.15) is 11.4 Å². The molecule has 0 bridgehead atoms. The fourth-order valence-electron chi connectivity index (χ4n) is 4.40. The van der Waals surface area contributed by atoms with E-state index in [2.05, 4.69) is 37.0 Å². The number of aromatic nitrogens is 4. The van der Waals surface area contributed by atoms with Crippen LogP contribution in [0, 0.1) is 13.8 Å². The monoisotopic (exact) mass is 504 g/mol. The van der Waals surface area contributed by atoms with Crippen molar-refractivity contribution in [1.82, 2.24) is 24.5 Å². The normalized spacial score (nSPS) is 14.2. The van der Waals surface area contributed by atoms with Crippen LogP contribution in [0.4, 0.5) is 5.82 Å². The molecule has 1 amide bonds.